The van der Waals surface area contributed by atoms with Crippen LogP contribution in [0.3, 0.4) is 0 Å². The van der Waals surface area contributed by atoms with E-state index in [-0.39, 0.29) is 12.0 Å². The van der Waals surface area contributed by atoms with Crippen molar-refractivity contribution in [1.29, 1.82) is 0 Å². The van der Waals surface area contributed by atoms with Crippen molar-refractivity contribution in [3.63, 3.8) is 0 Å². The number of para-hydroxylation sites is 2. The SMILES string of the molecule is CCOc1ccccc1N=C(C)c1c(CC(=O)OC)[nH]n(-c2ccc(OC)cc2)c1=O. The molecule has 1 heterocycles. The third-order valence-electron chi connectivity index (χ3n) is 4.66. The summed E-state index contributed by atoms with van der Waals surface area (Å²) in [6.45, 7) is 4.11. The number of carbonyl (C=O) groups excluding carboxylic acids is 1. The molecule has 0 fully saturated rings. The molecule has 162 valence electrons. The highest BCUT2D eigenvalue weighted by atomic mass is 16.5. The summed E-state index contributed by atoms with van der Waals surface area (Å²) in [5.41, 5.74) is 2.07. The first kappa shape index (κ1) is 21.9. The monoisotopic (exact) mass is 423 g/mol. The van der Waals surface area contributed by atoms with E-state index in [4.69, 9.17) is 14.2 Å². The Balaban J connectivity index is 2.12. The lowest BCUT2D eigenvalue weighted by Gasteiger charge is -2.07. The molecule has 0 saturated heterocycles. The van der Waals surface area contributed by atoms with E-state index in [1.165, 1.54) is 11.8 Å². The van der Waals surface area contributed by atoms with Crippen molar-refractivity contribution in [2.45, 2.75) is 20.3 Å². The molecule has 0 unspecified atom stereocenters. The summed E-state index contributed by atoms with van der Waals surface area (Å²) in [6, 6.07) is 14.3. The molecule has 0 aliphatic heterocycles. The van der Waals surface area contributed by atoms with Crippen molar-refractivity contribution in [2.24, 2.45) is 4.99 Å². The van der Waals surface area contributed by atoms with Crippen molar-refractivity contribution < 1.29 is 19.0 Å². The molecule has 0 spiro atoms. The summed E-state index contributed by atoms with van der Waals surface area (Å²) in [5.74, 6) is 0.820. The highest BCUT2D eigenvalue weighted by Crippen LogP contribution is 2.28. The maximum Gasteiger partial charge on any atom is 0.311 e. The Bertz CT molecular complexity index is 1140. The number of nitrogens with zero attached hydrogens (tertiary/aromatic N) is 2. The lowest BCUT2D eigenvalue weighted by Crippen LogP contribution is -2.20. The highest BCUT2D eigenvalue weighted by molar-refractivity contribution is 6.02. The molecule has 8 nitrogen and oxygen atoms in total. The van der Waals surface area contributed by atoms with Crippen LogP contribution in [0.1, 0.15) is 25.1 Å². The second-order valence-corrected chi connectivity index (χ2v) is 6.65. The van der Waals surface area contributed by atoms with Crippen LogP contribution in [0.15, 0.2) is 58.3 Å². The number of esters is 1. The molecule has 0 saturated carbocycles. The molecular weight excluding hydrogens is 398 g/mol. The molecule has 31 heavy (non-hydrogen) atoms. The molecule has 0 amide bonds. The summed E-state index contributed by atoms with van der Waals surface area (Å²) >= 11 is 0. The van der Waals surface area contributed by atoms with E-state index >= 15 is 0 Å². The maximum absolute atomic E-state index is 13.3. The Morgan fingerprint density at radius 3 is 2.45 bits per heavy atom. The molecule has 8 heteroatoms. The molecule has 0 atom stereocenters. The molecule has 0 aliphatic carbocycles. The number of aromatic nitrogens is 2. The van der Waals surface area contributed by atoms with Gasteiger partial charge in [-0.15, -0.1) is 0 Å². The van der Waals surface area contributed by atoms with Crippen molar-refractivity contribution in [2.75, 3.05) is 20.8 Å². The zero-order valence-corrected chi connectivity index (χ0v) is 18.0. The van der Waals surface area contributed by atoms with E-state index in [0.717, 1.165) is 0 Å². The fourth-order valence-corrected chi connectivity index (χ4v) is 3.18. The Hall–Kier alpha value is -3.81. The van der Waals surface area contributed by atoms with Gasteiger partial charge in [0, 0.05) is 0 Å². The standard InChI is InChI=1S/C23H25N3O5/c1-5-31-20-9-7-6-8-18(20)24-15(2)22-19(14-21(27)30-4)25-26(23(22)28)16-10-12-17(29-3)13-11-16/h6-13,25H,5,14H2,1-4H3. The van der Waals surface area contributed by atoms with Crippen LogP contribution in [0.4, 0.5) is 5.69 Å². The number of rotatable bonds is 8. The number of benzene rings is 2. The summed E-state index contributed by atoms with van der Waals surface area (Å²) in [4.78, 5) is 29.9. The third kappa shape index (κ3) is 4.85. The van der Waals surface area contributed by atoms with Crippen LogP contribution in [0, 0.1) is 0 Å². The minimum atomic E-state index is -0.466. The molecular formula is C23H25N3O5. The largest absolute Gasteiger partial charge is 0.497 e. The van der Waals surface area contributed by atoms with Gasteiger partial charge in [0.15, 0.2) is 0 Å². The highest BCUT2D eigenvalue weighted by Gasteiger charge is 2.21. The molecule has 2 aromatic carbocycles. The van der Waals surface area contributed by atoms with Gasteiger partial charge < -0.3 is 14.2 Å². The van der Waals surface area contributed by atoms with Crippen LogP contribution < -0.4 is 15.0 Å². The lowest BCUT2D eigenvalue weighted by molar-refractivity contribution is -0.139. The van der Waals surface area contributed by atoms with Crippen LogP contribution in [-0.4, -0.2) is 42.3 Å². The van der Waals surface area contributed by atoms with Gasteiger partial charge in [-0.25, -0.2) is 9.67 Å². The Morgan fingerprint density at radius 1 is 1.10 bits per heavy atom. The van der Waals surface area contributed by atoms with Crippen molar-refractivity contribution in [3.05, 3.63) is 70.1 Å². The number of methoxy groups -OCH3 is 2. The number of aliphatic imine (C=N–C) groups is 1. The Morgan fingerprint density at radius 2 is 1.81 bits per heavy atom. The minimum Gasteiger partial charge on any atom is -0.497 e. The van der Waals surface area contributed by atoms with Gasteiger partial charge in [-0.05, 0) is 50.2 Å². The fourth-order valence-electron chi connectivity index (χ4n) is 3.18. The zero-order chi connectivity index (χ0) is 22.4. The van der Waals surface area contributed by atoms with Crippen molar-refractivity contribution in [1.82, 2.24) is 9.78 Å². The number of H-pyrrole nitrogens is 1. The summed E-state index contributed by atoms with van der Waals surface area (Å²) in [5, 5.41) is 3.03. The number of carbonyl (C=O) groups is 1. The quantitative estimate of drug-likeness (QED) is 0.442. The predicted octanol–water partition coefficient (Wildman–Crippen LogP) is 3.43. The zero-order valence-electron chi connectivity index (χ0n) is 18.0. The first-order valence-electron chi connectivity index (χ1n) is 9.81. The Kier molecular flexibility index (Phi) is 6.92. The van der Waals surface area contributed by atoms with Crippen molar-refractivity contribution in [3.8, 4) is 17.2 Å². The maximum atomic E-state index is 13.3. The Labute approximate surface area is 180 Å². The molecule has 1 aromatic heterocycles. The van der Waals surface area contributed by atoms with Crippen LogP contribution in [-0.2, 0) is 16.0 Å². The number of nitrogens with one attached hydrogen (secondary N) is 1. The number of aromatic amines is 1. The van der Waals surface area contributed by atoms with E-state index in [1.807, 2.05) is 31.2 Å². The summed E-state index contributed by atoms with van der Waals surface area (Å²) < 4.78 is 17.0. The average molecular weight is 423 g/mol. The minimum absolute atomic E-state index is 0.0931. The van der Waals surface area contributed by atoms with Gasteiger partial charge in [-0.1, -0.05) is 12.1 Å². The van der Waals surface area contributed by atoms with Gasteiger partial charge >= 0.3 is 5.97 Å². The van der Waals surface area contributed by atoms with E-state index in [2.05, 4.69) is 10.1 Å². The summed E-state index contributed by atoms with van der Waals surface area (Å²) in [6.07, 6.45) is -0.0931. The third-order valence-corrected chi connectivity index (χ3v) is 4.66. The summed E-state index contributed by atoms with van der Waals surface area (Å²) in [7, 11) is 2.88. The first-order chi connectivity index (χ1) is 15.0. The average Bonchev–Trinajstić information content (AvgIpc) is 3.10. The van der Waals surface area contributed by atoms with E-state index in [0.29, 0.717) is 46.4 Å². The fraction of sp³-hybridized carbons (Fsp3) is 0.261. The predicted molar refractivity (Wildman–Crippen MR) is 118 cm³/mol. The van der Waals surface area contributed by atoms with Crippen LogP contribution in [0.2, 0.25) is 0 Å². The van der Waals surface area contributed by atoms with Gasteiger partial charge in [0.1, 0.15) is 17.2 Å². The van der Waals surface area contributed by atoms with E-state index in [9.17, 15) is 9.59 Å². The molecule has 3 rings (SSSR count). The van der Waals surface area contributed by atoms with Crippen molar-refractivity contribution >= 4 is 17.4 Å². The smallest absolute Gasteiger partial charge is 0.311 e. The van der Waals surface area contributed by atoms with Gasteiger partial charge in [-0.2, -0.15) is 0 Å². The first-order valence-corrected chi connectivity index (χ1v) is 9.81. The molecule has 3 aromatic rings. The van der Waals surface area contributed by atoms with Crippen LogP contribution in [0.5, 0.6) is 11.5 Å². The second-order valence-electron chi connectivity index (χ2n) is 6.65. The normalized spacial score (nSPS) is 11.3. The number of ether oxygens (including phenoxy) is 3. The molecule has 1 N–H and O–H groups in total. The van der Waals surface area contributed by atoms with Crippen LogP contribution >= 0.6 is 0 Å². The second kappa shape index (κ2) is 9.80. The van der Waals surface area contributed by atoms with E-state index < -0.39 is 5.97 Å². The van der Waals surface area contributed by atoms with Gasteiger partial charge in [0.05, 0.1) is 49.9 Å². The van der Waals surface area contributed by atoms with Gasteiger partial charge in [-0.3, -0.25) is 14.7 Å². The molecule has 0 bridgehead atoms. The van der Waals surface area contributed by atoms with E-state index in [1.54, 1.807) is 38.3 Å². The molecule has 0 aliphatic rings. The molecule has 0 radical (unpaired) electrons. The van der Waals surface area contributed by atoms with Crippen LogP contribution in [0.25, 0.3) is 5.69 Å². The van der Waals surface area contributed by atoms with Gasteiger partial charge in [0.2, 0.25) is 0 Å². The number of hydrogen-bond donors (Lipinski definition) is 1. The topological polar surface area (TPSA) is 94.9 Å². The number of hydrogen-bond acceptors (Lipinski definition) is 6. The lowest BCUT2D eigenvalue weighted by atomic mass is 10.1. The van der Waals surface area contributed by atoms with Gasteiger partial charge in [0.25, 0.3) is 5.56 Å².